The van der Waals surface area contributed by atoms with Crippen molar-refractivity contribution >= 4 is 40.9 Å². The lowest BCUT2D eigenvalue weighted by atomic mass is 9.86. The third-order valence-electron chi connectivity index (χ3n) is 6.22. The number of hydrogen-bond acceptors (Lipinski definition) is 9. The summed E-state index contributed by atoms with van der Waals surface area (Å²) in [6.45, 7) is 0. The molecule has 12 nitrogen and oxygen atoms in total. The minimum Gasteiger partial charge on any atom is -0.292 e. The lowest BCUT2D eigenvalue weighted by Gasteiger charge is -2.30. The monoisotopic (exact) mass is 461 g/mol. The summed E-state index contributed by atoms with van der Waals surface area (Å²) >= 11 is 0. The van der Waals surface area contributed by atoms with Crippen molar-refractivity contribution in [3.05, 3.63) is 86.5 Å². The number of rotatable bonds is 5. The van der Waals surface area contributed by atoms with Crippen molar-refractivity contribution in [3.63, 3.8) is 0 Å². The predicted octanol–water partition coefficient (Wildman–Crippen LogP) is 2.10. The normalized spacial score (nSPS) is 24.8. The number of fused-ring (bicyclic) bond motifs is 3. The summed E-state index contributed by atoms with van der Waals surface area (Å²) in [6.07, 6.45) is 4.73. The van der Waals surface area contributed by atoms with Crippen LogP contribution in [0.5, 0.6) is 0 Å². The first-order chi connectivity index (χ1) is 16.3. The van der Waals surface area contributed by atoms with E-state index in [1.165, 1.54) is 53.7 Å². The van der Waals surface area contributed by atoms with E-state index in [9.17, 15) is 34.6 Å². The lowest BCUT2D eigenvalue weighted by Crippen LogP contribution is -2.46. The minimum atomic E-state index is -1.15. The molecular formula is C22H15N5O7. The lowest BCUT2D eigenvalue weighted by molar-refractivity contribution is -0.385. The quantitative estimate of drug-likeness (QED) is 0.284. The summed E-state index contributed by atoms with van der Waals surface area (Å²) in [7, 11) is 0. The number of nitro benzene ring substituents is 2. The number of imide groups is 1. The molecule has 0 saturated carbocycles. The number of nitrogens with zero attached hydrogens (tertiary/aromatic N) is 5. The van der Waals surface area contributed by atoms with Gasteiger partial charge in [-0.1, -0.05) is 18.2 Å². The standard InChI is InChI=1S/C22H15N5O7/c28-20(12-3-1-4-15(11-12)27(33)34)19-18-17(16-5-2-10-23-25(16)19)21(29)24(22(18)30)13-6-8-14(9-7-13)26(31)32/h1-11,16-19H/t16-,17-,18+,19-/m0/s1. The molecule has 170 valence electrons. The topological polar surface area (TPSA) is 156 Å². The first kappa shape index (κ1) is 21.1. The van der Waals surface area contributed by atoms with Crippen LogP contribution in [0.4, 0.5) is 17.1 Å². The number of anilines is 1. The highest BCUT2D eigenvalue weighted by molar-refractivity contribution is 6.24. The van der Waals surface area contributed by atoms with Crippen LogP contribution in [-0.4, -0.2) is 50.8 Å². The Morgan fingerprint density at radius 1 is 0.912 bits per heavy atom. The summed E-state index contributed by atoms with van der Waals surface area (Å²) in [5, 5.41) is 27.8. The fourth-order valence-corrected chi connectivity index (χ4v) is 4.76. The number of allylic oxidation sites excluding steroid dienone is 1. The molecule has 0 N–H and O–H groups in total. The third-order valence-corrected chi connectivity index (χ3v) is 6.22. The van der Waals surface area contributed by atoms with Crippen LogP contribution in [0.1, 0.15) is 10.4 Å². The van der Waals surface area contributed by atoms with Crippen LogP contribution in [-0.2, 0) is 9.59 Å². The van der Waals surface area contributed by atoms with E-state index >= 15 is 0 Å². The Hall–Kier alpha value is -4.74. The SMILES string of the molecule is O=C(c1cccc([N+](=O)[O-])c1)[C@@H]1[C@@H]2C(=O)N(c3ccc([N+](=O)[O-])cc3)C(=O)[C@H]2[C@@H]2C=CC=NN12. The van der Waals surface area contributed by atoms with Crippen LogP contribution in [0.15, 0.2) is 65.8 Å². The van der Waals surface area contributed by atoms with Crippen LogP contribution in [0.2, 0.25) is 0 Å². The van der Waals surface area contributed by atoms with Gasteiger partial charge in [0.1, 0.15) is 6.04 Å². The summed E-state index contributed by atoms with van der Waals surface area (Å²) in [6, 6.07) is 8.33. The number of carbonyl (C=O) groups excluding carboxylic acids is 3. The second kappa shape index (κ2) is 7.69. The van der Waals surface area contributed by atoms with Gasteiger partial charge >= 0.3 is 0 Å². The highest BCUT2D eigenvalue weighted by atomic mass is 16.6. The van der Waals surface area contributed by atoms with Crippen LogP contribution in [0, 0.1) is 32.1 Å². The Labute approximate surface area is 191 Å². The molecule has 0 unspecified atom stereocenters. The zero-order chi connectivity index (χ0) is 24.1. The molecule has 0 aromatic heterocycles. The predicted molar refractivity (Wildman–Crippen MR) is 117 cm³/mol. The molecule has 0 radical (unpaired) electrons. The molecule has 5 rings (SSSR count). The largest absolute Gasteiger partial charge is 0.292 e. The Morgan fingerprint density at radius 3 is 2.26 bits per heavy atom. The zero-order valence-corrected chi connectivity index (χ0v) is 17.3. The van der Waals surface area contributed by atoms with Crippen molar-refractivity contribution in [2.45, 2.75) is 12.1 Å². The second-order valence-electron chi connectivity index (χ2n) is 7.97. The number of benzene rings is 2. The average molecular weight is 461 g/mol. The molecule has 34 heavy (non-hydrogen) atoms. The number of Topliss-reactive ketones (excluding diaryl/α,β-unsaturated/α-hetero) is 1. The maximum absolute atomic E-state index is 13.5. The summed E-state index contributed by atoms with van der Waals surface area (Å²) in [5.41, 5.74) is -0.290. The van der Waals surface area contributed by atoms with Crippen LogP contribution in [0.3, 0.4) is 0 Å². The smallest absolute Gasteiger partial charge is 0.270 e. The van der Waals surface area contributed by atoms with Gasteiger partial charge in [-0.15, -0.1) is 0 Å². The van der Waals surface area contributed by atoms with Crippen LogP contribution in [0.25, 0.3) is 0 Å². The minimum absolute atomic E-state index is 0.0254. The molecule has 4 atom stereocenters. The number of ketones is 1. The van der Waals surface area contributed by atoms with Crippen molar-refractivity contribution in [2.24, 2.45) is 16.9 Å². The molecule has 3 heterocycles. The molecular weight excluding hydrogens is 446 g/mol. The maximum Gasteiger partial charge on any atom is 0.270 e. The Balaban J connectivity index is 1.55. The van der Waals surface area contributed by atoms with Gasteiger partial charge in [0.2, 0.25) is 11.8 Å². The molecule has 2 amide bonds. The van der Waals surface area contributed by atoms with Gasteiger partial charge in [-0.3, -0.25) is 39.6 Å². The average Bonchev–Trinajstić information content (AvgIpc) is 3.31. The van der Waals surface area contributed by atoms with Crippen molar-refractivity contribution in [1.82, 2.24) is 5.01 Å². The highest BCUT2D eigenvalue weighted by Gasteiger charge is 2.64. The van der Waals surface area contributed by atoms with Crippen molar-refractivity contribution in [2.75, 3.05) is 4.90 Å². The van der Waals surface area contributed by atoms with E-state index in [1.54, 1.807) is 12.2 Å². The van der Waals surface area contributed by atoms with Gasteiger partial charge in [-0.25, -0.2) is 4.90 Å². The first-order valence-electron chi connectivity index (χ1n) is 10.2. The molecule has 3 aliphatic rings. The Kier molecular flexibility index (Phi) is 4.78. The molecule has 2 aromatic carbocycles. The number of amides is 2. The number of non-ortho nitro benzene ring substituents is 2. The van der Waals surface area contributed by atoms with E-state index in [0.29, 0.717) is 0 Å². The van der Waals surface area contributed by atoms with Gasteiger partial charge < -0.3 is 0 Å². The van der Waals surface area contributed by atoms with Gasteiger partial charge in [0, 0.05) is 36.0 Å². The molecule has 2 fully saturated rings. The van der Waals surface area contributed by atoms with E-state index in [2.05, 4.69) is 5.10 Å². The molecule has 2 saturated heterocycles. The van der Waals surface area contributed by atoms with E-state index in [-0.39, 0.29) is 22.6 Å². The maximum atomic E-state index is 13.5. The third kappa shape index (κ3) is 3.07. The molecule has 2 aromatic rings. The molecule has 12 heteroatoms. The number of hydrogen-bond donors (Lipinski definition) is 0. The Bertz CT molecular complexity index is 1320. The van der Waals surface area contributed by atoms with Crippen molar-refractivity contribution in [3.8, 4) is 0 Å². The molecule has 3 aliphatic heterocycles. The fraction of sp³-hybridized carbons (Fsp3) is 0.182. The van der Waals surface area contributed by atoms with Crippen LogP contribution < -0.4 is 4.90 Å². The van der Waals surface area contributed by atoms with Gasteiger partial charge in [-0.2, -0.15) is 5.10 Å². The van der Waals surface area contributed by atoms with E-state index < -0.39 is 51.4 Å². The van der Waals surface area contributed by atoms with Gasteiger partial charge in [0.05, 0.1) is 33.4 Å². The van der Waals surface area contributed by atoms with E-state index in [1.807, 2.05) is 0 Å². The van der Waals surface area contributed by atoms with Crippen LogP contribution >= 0.6 is 0 Å². The number of hydrazone groups is 1. The summed E-state index contributed by atoms with van der Waals surface area (Å²) in [4.78, 5) is 62.2. The van der Waals surface area contributed by atoms with Gasteiger partial charge in [0.25, 0.3) is 11.4 Å². The summed E-state index contributed by atoms with van der Waals surface area (Å²) in [5.74, 6) is -3.75. The highest BCUT2D eigenvalue weighted by Crippen LogP contribution is 2.46. The van der Waals surface area contributed by atoms with Crippen molar-refractivity contribution < 1.29 is 24.2 Å². The second-order valence-corrected chi connectivity index (χ2v) is 7.97. The molecule has 0 spiro atoms. The van der Waals surface area contributed by atoms with Gasteiger partial charge in [-0.05, 0) is 18.2 Å². The van der Waals surface area contributed by atoms with E-state index in [4.69, 9.17) is 0 Å². The molecule has 0 aliphatic carbocycles. The van der Waals surface area contributed by atoms with Gasteiger partial charge in [0.15, 0.2) is 5.78 Å². The van der Waals surface area contributed by atoms with Crippen molar-refractivity contribution in [1.29, 1.82) is 0 Å². The zero-order valence-electron chi connectivity index (χ0n) is 17.3. The Morgan fingerprint density at radius 2 is 1.59 bits per heavy atom. The number of carbonyl (C=O) groups is 3. The fourth-order valence-electron chi connectivity index (χ4n) is 4.76. The number of nitro groups is 2. The first-order valence-corrected chi connectivity index (χ1v) is 10.2. The summed E-state index contributed by atoms with van der Waals surface area (Å²) < 4.78 is 0. The molecule has 0 bridgehead atoms. The van der Waals surface area contributed by atoms with E-state index in [0.717, 1.165) is 11.0 Å².